The Morgan fingerprint density at radius 3 is 2.24 bits per heavy atom. The van der Waals surface area contributed by atoms with E-state index in [1.165, 1.54) is 17.3 Å². The second kappa shape index (κ2) is 10.5. The van der Waals surface area contributed by atoms with Crippen LogP contribution in [0.25, 0.3) is 0 Å². The summed E-state index contributed by atoms with van der Waals surface area (Å²) in [7, 11) is 0. The van der Waals surface area contributed by atoms with Gasteiger partial charge in [0, 0.05) is 28.4 Å². The highest BCUT2D eigenvalue weighted by Gasteiger charge is 2.15. The van der Waals surface area contributed by atoms with E-state index < -0.39 is 11.9 Å². The molecule has 0 saturated heterocycles. The highest BCUT2D eigenvalue weighted by atomic mass is 32.2. The Morgan fingerprint density at radius 2 is 1.62 bits per heavy atom. The molecule has 0 radical (unpaired) electrons. The van der Waals surface area contributed by atoms with Gasteiger partial charge in [0.1, 0.15) is 0 Å². The molecule has 6 nitrogen and oxygen atoms in total. The van der Waals surface area contributed by atoms with Gasteiger partial charge in [-0.3, -0.25) is 9.59 Å². The average Bonchev–Trinajstić information content (AvgIpc) is 2.67. The maximum atomic E-state index is 12.5. The van der Waals surface area contributed by atoms with Crippen molar-refractivity contribution in [3.63, 3.8) is 0 Å². The third-order valence-electron chi connectivity index (χ3n) is 4.01. The minimum Gasteiger partial charge on any atom is -0.478 e. The van der Waals surface area contributed by atoms with E-state index in [0.29, 0.717) is 11.6 Å². The Labute approximate surface area is 174 Å². The molecule has 2 rings (SSSR count). The molecule has 0 aromatic heterocycles. The summed E-state index contributed by atoms with van der Waals surface area (Å²) in [5.74, 6) is -1.42. The van der Waals surface area contributed by atoms with E-state index in [2.05, 4.69) is 24.5 Å². The van der Waals surface area contributed by atoms with Crippen LogP contribution in [0.15, 0.2) is 65.6 Å². The van der Waals surface area contributed by atoms with E-state index in [0.717, 1.165) is 22.7 Å². The lowest BCUT2D eigenvalue weighted by molar-refractivity contribution is -0.131. The number of aliphatic carboxylic acids is 1. The number of carboxylic acids is 1. The Morgan fingerprint density at radius 1 is 0.931 bits per heavy atom. The van der Waals surface area contributed by atoms with Crippen molar-refractivity contribution in [3.05, 3.63) is 66.2 Å². The summed E-state index contributed by atoms with van der Waals surface area (Å²) in [6.07, 6.45) is 1.72. The van der Waals surface area contributed by atoms with Gasteiger partial charge in [-0.15, -0.1) is 11.8 Å². The zero-order chi connectivity index (χ0) is 21.4. The van der Waals surface area contributed by atoms with Gasteiger partial charge < -0.3 is 15.7 Å². The highest BCUT2D eigenvalue weighted by Crippen LogP contribution is 2.27. The number of carbonyl (C=O) groups is 3. The molecule has 152 valence electrons. The molecule has 0 fully saturated rings. The Hall–Kier alpha value is -3.06. The Kier molecular flexibility index (Phi) is 8.03. The van der Waals surface area contributed by atoms with Crippen LogP contribution in [0, 0.1) is 0 Å². The predicted molar refractivity (Wildman–Crippen MR) is 116 cm³/mol. The fraction of sp³-hybridized carbons (Fsp3) is 0.227. The largest absolute Gasteiger partial charge is 0.478 e. The molecule has 3 N–H and O–H groups in total. The molecule has 2 amide bonds. The first-order chi connectivity index (χ1) is 13.7. The minimum absolute atomic E-state index is 0.119. The van der Waals surface area contributed by atoms with E-state index in [4.69, 9.17) is 5.11 Å². The highest BCUT2D eigenvalue weighted by molar-refractivity contribution is 8.00. The number of nitrogens with one attached hydrogen (secondary N) is 2. The number of benzene rings is 2. The van der Waals surface area contributed by atoms with Crippen LogP contribution in [-0.4, -0.2) is 28.1 Å². The van der Waals surface area contributed by atoms with Crippen LogP contribution in [0.4, 0.5) is 11.4 Å². The number of thioether (sulfide) groups is 1. The van der Waals surface area contributed by atoms with E-state index in [-0.39, 0.29) is 11.2 Å². The molecule has 0 aliphatic carbocycles. The molecule has 0 heterocycles. The van der Waals surface area contributed by atoms with E-state index in [1.54, 1.807) is 18.2 Å². The summed E-state index contributed by atoms with van der Waals surface area (Å²) in [6, 6.07) is 14.8. The number of anilines is 2. The van der Waals surface area contributed by atoms with Crippen LogP contribution < -0.4 is 10.6 Å². The quantitative estimate of drug-likeness (QED) is 0.438. The summed E-state index contributed by atoms with van der Waals surface area (Å²) >= 11 is 1.36. The van der Waals surface area contributed by atoms with E-state index >= 15 is 0 Å². The fourth-order valence-electron chi connectivity index (χ4n) is 2.43. The first-order valence-corrected chi connectivity index (χ1v) is 10.0. The number of rotatable bonds is 8. The standard InChI is InChI=1S/C22H24N2O4S/c1-14(2)16-7-9-17(10-8-16)24-22(28)15(3)29-19-6-4-5-18(13-19)23-20(25)11-12-21(26)27/h4-15H,1-3H3,(H,23,25)(H,24,28)(H,26,27)/b12-11+. The van der Waals surface area contributed by atoms with E-state index in [9.17, 15) is 14.4 Å². The van der Waals surface area contributed by atoms with Crippen molar-refractivity contribution in [2.24, 2.45) is 0 Å². The van der Waals surface area contributed by atoms with Crippen LogP contribution in [0.1, 0.15) is 32.3 Å². The maximum Gasteiger partial charge on any atom is 0.328 e. The Balaban J connectivity index is 1.95. The molecule has 1 unspecified atom stereocenters. The number of hydrogen-bond acceptors (Lipinski definition) is 4. The zero-order valence-electron chi connectivity index (χ0n) is 16.5. The molecule has 1 atom stereocenters. The Bertz CT molecular complexity index is 907. The average molecular weight is 413 g/mol. The lowest BCUT2D eigenvalue weighted by atomic mass is 10.0. The molecule has 0 saturated carbocycles. The molecular weight excluding hydrogens is 388 g/mol. The monoisotopic (exact) mass is 412 g/mol. The summed E-state index contributed by atoms with van der Waals surface area (Å²) in [4.78, 5) is 35.4. The van der Waals surface area contributed by atoms with Crippen molar-refractivity contribution in [1.29, 1.82) is 0 Å². The SMILES string of the molecule is CC(Sc1cccc(NC(=O)/C=C/C(=O)O)c1)C(=O)Nc1ccc(C(C)C)cc1. The van der Waals surface area contributed by atoms with Crippen LogP contribution >= 0.6 is 11.8 Å². The first kappa shape index (κ1) is 22.2. The van der Waals surface area contributed by atoms with Gasteiger partial charge in [-0.1, -0.05) is 32.0 Å². The summed E-state index contributed by atoms with van der Waals surface area (Å²) < 4.78 is 0. The number of carbonyl (C=O) groups excluding carboxylic acids is 2. The van der Waals surface area contributed by atoms with Gasteiger partial charge in [0.25, 0.3) is 0 Å². The maximum absolute atomic E-state index is 12.5. The molecule has 0 bridgehead atoms. The van der Waals surface area contributed by atoms with Crippen molar-refractivity contribution in [2.75, 3.05) is 10.6 Å². The molecule has 0 spiro atoms. The summed E-state index contributed by atoms with van der Waals surface area (Å²) in [5, 5.41) is 13.7. The number of carboxylic acid groups (broad SMARTS) is 1. The van der Waals surface area contributed by atoms with Gasteiger partial charge in [-0.2, -0.15) is 0 Å². The van der Waals surface area contributed by atoms with Crippen LogP contribution in [0.5, 0.6) is 0 Å². The molecule has 7 heteroatoms. The minimum atomic E-state index is -1.19. The van der Waals surface area contributed by atoms with Crippen molar-refractivity contribution in [1.82, 2.24) is 0 Å². The lowest BCUT2D eigenvalue weighted by Gasteiger charge is -2.13. The molecule has 2 aromatic rings. The van der Waals surface area contributed by atoms with Crippen LogP contribution in [-0.2, 0) is 14.4 Å². The second-order valence-corrected chi connectivity index (χ2v) is 8.13. The van der Waals surface area contributed by atoms with E-state index in [1.807, 2.05) is 37.3 Å². The van der Waals surface area contributed by atoms with Crippen molar-refractivity contribution < 1.29 is 19.5 Å². The molecular formula is C22H24N2O4S. The van der Waals surface area contributed by atoms with Gasteiger partial charge in [-0.25, -0.2) is 4.79 Å². The number of hydrogen-bond donors (Lipinski definition) is 3. The summed E-state index contributed by atoms with van der Waals surface area (Å²) in [6.45, 7) is 6.04. The van der Waals surface area contributed by atoms with Gasteiger partial charge >= 0.3 is 5.97 Å². The lowest BCUT2D eigenvalue weighted by Crippen LogP contribution is -2.22. The fourth-order valence-corrected chi connectivity index (χ4v) is 3.36. The van der Waals surface area contributed by atoms with Crippen molar-refractivity contribution in [2.45, 2.75) is 36.8 Å². The van der Waals surface area contributed by atoms with Crippen molar-refractivity contribution in [3.8, 4) is 0 Å². The third kappa shape index (κ3) is 7.46. The molecule has 0 aliphatic heterocycles. The predicted octanol–water partition coefficient (Wildman–Crippen LogP) is 4.51. The zero-order valence-corrected chi connectivity index (χ0v) is 17.3. The normalized spacial score (nSPS) is 12.0. The smallest absolute Gasteiger partial charge is 0.328 e. The van der Waals surface area contributed by atoms with Crippen LogP contribution in [0.2, 0.25) is 0 Å². The number of amides is 2. The van der Waals surface area contributed by atoms with Gasteiger partial charge in [0.15, 0.2) is 0 Å². The molecule has 2 aromatic carbocycles. The molecule has 29 heavy (non-hydrogen) atoms. The van der Waals surface area contributed by atoms with Gasteiger partial charge in [0.05, 0.1) is 5.25 Å². The van der Waals surface area contributed by atoms with Crippen molar-refractivity contribution >= 4 is 40.9 Å². The summed E-state index contributed by atoms with van der Waals surface area (Å²) in [5.41, 5.74) is 2.48. The topological polar surface area (TPSA) is 95.5 Å². The van der Waals surface area contributed by atoms with Crippen LogP contribution in [0.3, 0.4) is 0 Å². The first-order valence-electron chi connectivity index (χ1n) is 9.14. The second-order valence-electron chi connectivity index (χ2n) is 6.71. The van der Waals surface area contributed by atoms with Gasteiger partial charge in [0.2, 0.25) is 11.8 Å². The molecule has 0 aliphatic rings. The third-order valence-corrected chi connectivity index (χ3v) is 5.10. The van der Waals surface area contributed by atoms with Gasteiger partial charge in [-0.05, 0) is 48.7 Å².